The maximum absolute atomic E-state index is 14.7. The van der Waals surface area contributed by atoms with Gasteiger partial charge in [0.1, 0.15) is 17.2 Å². The quantitative estimate of drug-likeness (QED) is 0.216. The van der Waals surface area contributed by atoms with Gasteiger partial charge in [-0.15, -0.1) is 0 Å². The number of aromatic nitrogens is 2. The molecule has 0 spiro atoms. The van der Waals surface area contributed by atoms with Gasteiger partial charge in [-0.1, -0.05) is 5.16 Å². The van der Waals surface area contributed by atoms with Gasteiger partial charge in [0.2, 0.25) is 11.9 Å². The van der Waals surface area contributed by atoms with Crippen molar-refractivity contribution in [3.63, 3.8) is 0 Å². The third kappa shape index (κ3) is 7.36. The van der Waals surface area contributed by atoms with Gasteiger partial charge in [0.05, 0.1) is 25.0 Å². The van der Waals surface area contributed by atoms with Crippen molar-refractivity contribution < 1.29 is 28.3 Å². The van der Waals surface area contributed by atoms with E-state index in [1.807, 2.05) is 9.80 Å². The summed E-state index contributed by atoms with van der Waals surface area (Å²) in [5.41, 5.74) is 5.10. The van der Waals surface area contributed by atoms with E-state index in [9.17, 15) is 13.6 Å². The Labute approximate surface area is 226 Å². The number of nitrogens with two attached hydrogens (primary N) is 1. The zero-order valence-corrected chi connectivity index (χ0v) is 22.3. The molecule has 0 bridgehead atoms. The Morgan fingerprint density at radius 3 is 2.54 bits per heavy atom. The molecule has 2 atom stereocenters. The van der Waals surface area contributed by atoms with Gasteiger partial charge in [-0.05, 0) is 63.3 Å². The Kier molecular flexibility index (Phi) is 8.56. The summed E-state index contributed by atoms with van der Waals surface area (Å²) in [6.45, 7) is 7.64. The first kappa shape index (κ1) is 28.1. The number of nitrogens with zero attached hydrogens (tertiary/aromatic N) is 5. The highest BCUT2D eigenvalue weighted by Gasteiger charge is 2.38. The van der Waals surface area contributed by atoms with Crippen molar-refractivity contribution in [2.45, 2.75) is 51.2 Å². The van der Waals surface area contributed by atoms with E-state index in [0.717, 1.165) is 31.0 Å². The molecule has 13 heteroatoms. The van der Waals surface area contributed by atoms with Crippen molar-refractivity contribution in [2.24, 2.45) is 16.8 Å². The number of alkyl carbamates (subject to hydrolysis) is 1. The molecule has 3 heterocycles. The third-order valence-corrected chi connectivity index (χ3v) is 6.80. The first-order valence-corrected chi connectivity index (χ1v) is 12.9. The van der Waals surface area contributed by atoms with Gasteiger partial charge in [-0.2, -0.15) is 0 Å². The lowest BCUT2D eigenvalue weighted by Gasteiger charge is -2.31. The molecule has 11 nitrogen and oxygen atoms in total. The predicted molar refractivity (Wildman–Crippen MR) is 140 cm³/mol. The van der Waals surface area contributed by atoms with E-state index < -0.39 is 35.3 Å². The molecule has 1 aromatic carbocycles. The number of guanidine groups is 1. The molecule has 2 unspecified atom stereocenters. The zero-order valence-electron chi connectivity index (χ0n) is 22.3. The number of nitrogens with one attached hydrogen (secondary N) is 1. The van der Waals surface area contributed by atoms with Crippen molar-refractivity contribution in [1.82, 2.24) is 20.2 Å². The molecule has 4 rings (SSSR count). The number of hydrogen-bond donors (Lipinski definition) is 3. The van der Waals surface area contributed by atoms with Crippen LogP contribution in [0.3, 0.4) is 0 Å². The number of benzene rings is 1. The number of carbonyl (C=O) groups excluding carboxylic acids is 1. The Morgan fingerprint density at radius 2 is 1.90 bits per heavy atom. The summed E-state index contributed by atoms with van der Waals surface area (Å²) in [5, 5.41) is 14.7. The van der Waals surface area contributed by atoms with Crippen molar-refractivity contribution in [1.29, 1.82) is 0 Å². The summed E-state index contributed by atoms with van der Waals surface area (Å²) in [6, 6.07) is 2.73. The molecular weight excluding hydrogens is 512 g/mol. The lowest BCUT2D eigenvalue weighted by atomic mass is 9.94. The van der Waals surface area contributed by atoms with Gasteiger partial charge in [-0.25, -0.2) is 23.5 Å². The normalized spacial score (nSPS) is 20.7. The number of carbonyl (C=O) groups is 1. The van der Waals surface area contributed by atoms with Crippen LogP contribution in [0.25, 0.3) is 0 Å². The van der Waals surface area contributed by atoms with Crippen molar-refractivity contribution in [3.8, 4) is 5.75 Å². The summed E-state index contributed by atoms with van der Waals surface area (Å²) in [5.74, 6) is -0.352. The van der Waals surface area contributed by atoms with E-state index in [1.54, 1.807) is 33.2 Å². The second kappa shape index (κ2) is 11.9. The maximum atomic E-state index is 14.7. The third-order valence-electron chi connectivity index (χ3n) is 6.80. The highest BCUT2D eigenvalue weighted by molar-refractivity contribution is 5.77. The van der Waals surface area contributed by atoms with Crippen molar-refractivity contribution in [3.05, 3.63) is 47.8 Å². The number of piperidine rings is 1. The number of anilines is 1. The summed E-state index contributed by atoms with van der Waals surface area (Å²) < 4.78 is 40.0. The molecule has 39 heavy (non-hydrogen) atoms. The van der Waals surface area contributed by atoms with Crippen LogP contribution in [0.5, 0.6) is 5.75 Å². The molecule has 2 aliphatic rings. The second-order valence-corrected chi connectivity index (χ2v) is 10.8. The maximum Gasteiger partial charge on any atom is 0.407 e. The average molecular weight is 548 g/mol. The summed E-state index contributed by atoms with van der Waals surface area (Å²) in [4.78, 5) is 25.0. The number of halogens is 2. The Morgan fingerprint density at radius 1 is 1.21 bits per heavy atom. The van der Waals surface area contributed by atoms with Crippen LogP contribution < -0.4 is 20.7 Å². The molecule has 4 N–H and O–H groups in total. The summed E-state index contributed by atoms with van der Waals surface area (Å²) >= 11 is 0. The lowest BCUT2D eigenvalue weighted by molar-refractivity contribution is 0.0504. The fourth-order valence-corrected chi connectivity index (χ4v) is 4.84. The number of hydrogen-bond acceptors (Lipinski definition) is 8. The molecule has 1 amide bonds. The molecule has 212 valence electrons. The number of rotatable bonds is 6. The van der Waals surface area contributed by atoms with Gasteiger partial charge in [-0.3, -0.25) is 0 Å². The van der Waals surface area contributed by atoms with Crippen LogP contribution in [0.4, 0.5) is 19.5 Å². The number of amides is 1. The van der Waals surface area contributed by atoms with Crippen LogP contribution in [0.1, 0.15) is 45.1 Å². The molecule has 0 aliphatic carbocycles. The standard InChI is InChI=1S/C26H35F2N7O4/c1-26(2,3)39-25(36)32-22-14-35(13-20(22)19-10-17(27)4-5-21(19)28)24-30-11-18(12-31-24)38-15-16-6-8-34(9-7-16)23(29)33-37/h4-5,10-12,16,20,22,37H,6-9,13-15H2,1-3H3,(H2,29,33)(H,32,36). The molecule has 0 saturated carbocycles. The van der Waals surface area contributed by atoms with E-state index >= 15 is 0 Å². The minimum Gasteiger partial charge on any atom is -0.490 e. The van der Waals surface area contributed by atoms with E-state index in [4.69, 9.17) is 20.4 Å². The molecule has 1 aromatic heterocycles. The highest BCUT2D eigenvalue weighted by Crippen LogP contribution is 2.32. The van der Waals surface area contributed by atoms with Crippen LogP contribution in [0.2, 0.25) is 0 Å². The van der Waals surface area contributed by atoms with Gasteiger partial charge in [0.25, 0.3) is 0 Å². The largest absolute Gasteiger partial charge is 0.490 e. The molecule has 0 radical (unpaired) electrons. The minimum absolute atomic E-state index is 0.117. The fourth-order valence-electron chi connectivity index (χ4n) is 4.84. The molecule has 2 aliphatic heterocycles. The fraction of sp³-hybridized carbons (Fsp3) is 0.538. The number of ether oxygens (including phenoxy) is 2. The van der Waals surface area contributed by atoms with Gasteiger partial charge in [0, 0.05) is 32.1 Å². The average Bonchev–Trinajstić information content (AvgIpc) is 3.31. The first-order chi connectivity index (χ1) is 18.5. The van der Waals surface area contributed by atoms with Crippen molar-refractivity contribution >= 4 is 18.0 Å². The summed E-state index contributed by atoms with van der Waals surface area (Å²) in [7, 11) is 0. The van der Waals surface area contributed by atoms with E-state index in [-0.39, 0.29) is 24.6 Å². The van der Waals surface area contributed by atoms with Crippen LogP contribution in [-0.4, -0.2) is 76.6 Å². The van der Waals surface area contributed by atoms with E-state index in [0.29, 0.717) is 37.3 Å². The topological polar surface area (TPSA) is 138 Å². The summed E-state index contributed by atoms with van der Waals surface area (Å²) in [6.07, 6.45) is 4.18. The Hall–Kier alpha value is -3.90. The highest BCUT2D eigenvalue weighted by atomic mass is 19.1. The Balaban J connectivity index is 1.40. The second-order valence-electron chi connectivity index (χ2n) is 10.8. The number of oxime groups is 1. The minimum atomic E-state index is -0.709. The van der Waals surface area contributed by atoms with Gasteiger partial charge >= 0.3 is 6.09 Å². The lowest BCUT2D eigenvalue weighted by Crippen LogP contribution is -2.43. The molecule has 2 fully saturated rings. The molecule has 2 saturated heterocycles. The predicted octanol–water partition coefficient (Wildman–Crippen LogP) is 3.05. The number of likely N-dealkylation sites (tertiary alicyclic amines) is 1. The molecule has 2 aromatic rings. The van der Waals surface area contributed by atoms with Crippen LogP contribution in [0.15, 0.2) is 35.7 Å². The van der Waals surface area contributed by atoms with Gasteiger partial charge in [0.15, 0.2) is 5.75 Å². The van der Waals surface area contributed by atoms with E-state index in [1.165, 1.54) is 0 Å². The monoisotopic (exact) mass is 547 g/mol. The van der Waals surface area contributed by atoms with E-state index in [2.05, 4.69) is 20.4 Å². The van der Waals surface area contributed by atoms with Crippen LogP contribution in [0, 0.1) is 17.6 Å². The zero-order chi connectivity index (χ0) is 28.2. The molecular formula is C26H35F2N7O4. The van der Waals surface area contributed by atoms with Gasteiger partial charge < -0.3 is 35.5 Å². The smallest absolute Gasteiger partial charge is 0.407 e. The van der Waals surface area contributed by atoms with Crippen LogP contribution >= 0.6 is 0 Å². The Bertz CT molecular complexity index is 1170. The SMILES string of the molecule is CC(C)(C)OC(=O)NC1CN(c2ncc(OCC3CCN(C(N)=NO)CC3)cn2)CC1c1cc(F)ccc1F. The van der Waals surface area contributed by atoms with Crippen molar-refractivity contribution in [2.75, 3.05) is 37.7 Å². The first-order valence-electron chi connectivity index (χ1n) is 12.9. The van der Waals surface area contributed by atoms with Crippen LogP contribution in [-0.2, 0) is 4.74 Å².